The van der Waals surface area contributed by atoms with E-state index in [4.69, 9.17) is 4.98 Å². The molecule has 3 aromatic rings. The molecule has 0 N–H and O–H groups in total. The first-order chi connectivity index (χ1) is 13.7. The van der Waals surface area contributed by atoms with Crippen molar-refractivity contribution in [2.24, 2.45) is 4.99 Å². The number of hydrogen-bond donors (Lipinski definition) is 0. The molecule has 0 atom stereocenters. The van der Waals surface area contributed by atoms with Gasteiger partial charge in [-0.2, -0.15) is 0 Å². The van der Waals surface area contributed by atoms with Crippen LogP contribution < -0.4 is 4.90 Å². The second-order valence-electron chi connectivity index (χ2n) is 7.72. The predicted octanol–water partition coefficient (Wildman–Crippen LogP) is 6.67. The molecule has 28 heavy (non-hydrogen) atoms. The van der Waals surface area contributed by atoms with E-state index in [1.54, 1.807) is 11.3 Å². The third-order valence-electron chi connectivity index (χ3n) is 5.51. The Morgan fingerprint density at radius 2 is 1.68 bits per heavy atom. The Bertz CT molecular complexity index is 917. The van der Waals surface area contributed by atoms with Gasteiger partial charge in [0.2, 0.25) is 5.13 Å². The highest BCUT2D eigenvalue weighted by Crippen LogP contribution is 2.34. The van der Waals surface area contributed by atoms with Gasteiger partial charge in [0.05, 0.1) is 5.69 Å². The van der Waals surface area contributed by atoms with E-state index in [-0.39, 0.29) is 0 Å². The molecular weight excluding hydrogens is 362 g/mol. The molecule has 1 aromatic heterocycles. The number of aromatic nitrogens is 1. The van der Waals surface area contributed by atoms with Crippen molar-refractivity contribution in [3.05, 3.63) is 65.0 Å². The highest BCUT2D eigenvalue weighted by Gasteiger charge is 2.15. The molecule has 0 saturated heterocycles. The SMILES string of the molecule is CN(C)c1ccc(C=Nc2nc(-c3ccc(C4CCCCC4)cc3)cs2)cc1. The van der Waals surface area contributed by atoms with Crippen molar-refractivity contribution < 1.29 is 0 Å². The summed E-state index contributed by atoms with van der Waals surface area (Å²) >= 11 is 1.59. The highest BCUT2D eigenvalue weighted by molar-refractivity contribution is 7.13. The Morgan fingerprint density at radius 3 is 2.36 bits per heavy atom. The van der Waals surface area contributed by atoms with Crippen LogP contribution >= 0.6 is 11.3 Å². The van der Waals surface area contributed by atoms with Gasteiger partial charge in [-0.1, -0.05) is 55.7 Å². The Kier molecular flexibility index (Phi) is 5.87. The zero-order valence-corrected chi connectivity index (χ0v) is 17.5. The molecule has 0 amide bonds. The van der Waals surface area contributed by atoms with Gasteiger partial charge in [0, 0.05) is 36.9 Å². The molecule has 0 aliphatic heterocycles. The lowest BCUT2D eigenvalue weighted by Crippen LogP contribution is -2.08. The fourth-order valence-electron chi connectivity index (χ4n) is 3.81. The van der Waals surface area contributed by atoms with Crippen LogP contribution in [-0.2, 0) is 0 Å². The van der Waals surface area contributed by atoms with Crippen molar-refractivity contribution in [1.29, 1.82) is 0 Å². The maximum Gasteiger partial charge on any atom is 0.209 e. The topological polar surface area (TPSA) is 28.5 Å². The van der Waals surface area contributed by atoms with E-state index in [2.05, 4.69) is 63.8 Å². The molecule has 1 saturated carbocycles. The number of nitrogens with zero attached hydrogens (tertiary/aromatic N) is 3. The molecule has 144 valence electrons. The van der Waals surface area contributed by atoms with Gasteiger partial charge >= 0.3 is 0 Å². The minimum atomic E-state index is 0.747. The average molecular weight is 390 g/mol. The number of thiazole rings is 1. The second kappa shape index (κ2) is 8.70. The molecular formula is C24H27N3S. The second-order valence-corrected chi connectivity index (χ2v) is 8.55. The van der Waals surface area contributed by atoms with Crippen LogP contribution in [0.5, 0.6) is 0 Å². The first kappa shape index (κ1) is 18.9. The zero-order valence-electron chi connectivity index (χ0n) is 16.6. The smallest absolute Gasteiger partial charge is 0.209 e. The van der Waals surface area contributed by atoms with E-state index in [0.29, 0.717) is 0 Å². The molecule has 1 heterocycles. The van der Waals surface area contributed by atoms with Crippen LogP contribution in [0.2, 0.25) is 0 Å². The summed E-state index contributed by atoms with van der Waals surface area (Å²) in [5, 5.41) is 2.89. The fraction of sp³-hybridized carbons (Fsp3) is 0.333. The van der Waals surface area contributed by atoms with Crippen molar-refractivity contribution in [2.45, 2.75) is 38.0 Å². The summed E-state index contributed by atoms with van der Waals surface area (Å²) in [6.45, 7) is 0. The fourth-order valence-corrected chi connectivity index (χ4v) is 4.48. The molecule has 0 spiro atoms. The van der Waals surface area contributed by atoms with Crippen molar-refractivity contribution >= 4 is 28.4 Å². The van der Waals surface area contributed by atoms with E-state index in [1.165, 1.54) is 48.9 Å². The summed E-state index contributed by atoms with van der Waals surface area (Å²) < 4.78 is 0. The summed E-state index contributed by atoms with van der Waals surface area (Å²) in [6, 6.07) is 17.4. The van der Waals surface area contributed by atoms with Gasteiger partial charge in [-0.05, 0) is 42.0 Å². The van der Waals surface area contributed by atoms with Gasteiger partial charge < -0.3 is 4.90 Å². The molecule has 0 unspecified atom stereocenters. The number of anilines is 1. The van der Waals surface area contributed by atoms with Crippen LogP contribution in [0.4, 0.5) is 10.8 Å². The van der Waals surface area contributed by atoms with Crippen molar-refractivity contribution in [2.75, 3.05) is 19.0 Å². The summed E-state index contributed by atoms with van der Waals surface area (Å²) in [5.74, 6) is 0.747. The summed E-state index contributed by atoms with van der Waals surface area (Å²) in [5.41, 5.74) is 5.94. The lowest BCUT2D eigenvalue weighted by atomic mass is 9.84. The standard InChI is InChI=1S/C24H27N3S/c1-27(2)22-14-8-18(9-15-22)16-25-24-26-23(17-28-24)21-12-10-20(11-13-21)19-6-4-3-5-7-19/h8-17,19H,3-7H2,1-2H3. The Labute approximate surface area is 171 Å². The zero-order chi connectivity index (χ0) is 19.3. The molecule has 0 bridgehead atoms. The quantitative estimate of drug-likeness (QED) is 0.456. The molecule has 0 radical (unpaired) electrons. The first-order valence-corrected chi connectivity index (χ1v) is 10.9. The predicted molar refractivity (Wildman–Crippen MR) is 121 cm³/mol. The minimum absolute atomic E-state index is 0.747. The maximum absolute atomic E-state index is 4.70. The summed E-state index contributed by atoms with van der Waals surface area (Å²) in [6.07, 6.45) is 8.70. The van der Waals surface area contributed by atoms with Gasteiger partial charge in [-0.15, -0.1) is 11.3 Å². The van der Waals surface area contributed by atoms with Gasteiger partial charge in [-0.3, -0.25) is 0 Å². The minimum Gasteiger partial charge on any atom is -0.378 e. The normalized spacial score (nSPS) is 15.2. The van der Waals surface area contributed by atoms with Gasteiger partial charge in [0.25, 0.3) is 0 Å². The Hall–Kier alpha value is -2.46. The van der Waals surface area contributed by atoms with E-state index in [0.717, 1.165) is 22.3 Å². The first-order valence-electron chi connectivity index (χ1n) is 10.1. The molecule has 4 heteroatoms. The molecule has 1 aliphatic carbocycles. The third kappa shape index (κ3) is 4.50. The van der Waals surface area contributed by atoms with Gasteiger partial charge in [-0.25, -0.2) is 9.98 Å². The molecule has 1 aliphatic rings. The highest BCUT2D eigenvalue weighted by atomic mass is 32.1. The maximum atomic E-state index is 4.70. The molecule has 4 rings (SSSR count). The molecule has 3 nitrogen and oxygen atoms in total. The van der Waals surface area contributed by atoms with Crippen molar-refractivity contribution in [3.8, 4) is 11.3 Å². The number of aliphatic imine (C=N–C) groups is 1. The monoisotopic (exact) mass is 389 g/mol. The number of hydrogen-bond acceptors (Lipinski definition) is 4. The van der Waals surface area contributed by atoms with Crippen LogP contribution in [0, 0.1) is 0 Å². The van der Waals surface area contributed by atoms with E-state index in [1.807, 2.05) is 20.3 Å². The Morgan fingerprint density at radius 1 is 0.964 bits per heavy atom. The van der Waals surface area contributed by atoms with Crippen LogP contribution in [0.3, 0.4) is 0 Å². The third-order valence-corrected chi connectivity index (χ3v) is 6.26. The lowest BCUT2D eigenvalue weighted by Gasteiger charge is -2.22. The van der Waals surface area contributed by atoms with Crippen LogP contribution in [0.15, 0.2) is 58.9 Å². The van der Waals surface area contributed by atoms with Crippen LogP contribution in [-0.4, -0.2) is 25.3 Å². The molecule has 2 aromatic carbocycles. The largest absolute Gasteiger partial charge is 0.378 e. The summed E-state index contributed by atoms with van der Waals surface area (Å²) in [4.78, 5) is 11.3. The Balaban J connectivity index is 1.43. The van der Waals surface area contributed by atoms with E-state index in [9.17, 15) is 0 Å². The van der Waals surface area contributed by atoms with Crippen LogP contribution in [0.25, 0.3) is 11.3 Å². The van der Waals surface area contributed by atoms with Gasteiger partial charge in [0.1, 0.15) is 0 Å². The van der Waals surface area contributed by atoms with Crippen molar-refractivity contribution in [1.82, 2.24) is 4.98 Å². The molecule has 1 fully saturated rings. The average Bonchev–Trinajstić information content (AvgIpc) is 3.22. The van der Waals surface area contributed by atoms with E-state index >= 15 is 0 Å². The van der Waals surface area contributed by atoms with Gasteiger partial charge in [0.15, 0.2) is 0 Å². The summed E-state index contributed by atoms with van der Waals surface area (Å²) in [7, 11) is 4.09. The number of rotatable bonds is 5. The number of benzene rings is 2. The van der Waals surface area contributed by atoms with E-state index < -0.39 is 0 Å². The van der Waals surface area contributed by atoms with Crippen molar-refractivity contribution in [3.63, 3.8) is 0 Å². The van der Waals surface area contributed by atoms with Crippen LogP contribution in [0.1, 0.15) is 49.1 Å². The lowest BCUT2D eigenvalue weighted by molar-refractivity contribution is 0.443.